The fraction of sp³-hybridized carbons (Fsp3) is 0.692. The first-order valence-corrected chi connectivity index (χ1v) is 7.14. The number of fused-ring (bicyclic) bond motifs is 1. The molecular formula is C13H21ClN4. The number of rotatable bonds is 5. The first kappa shape index (κ1) is 13.4. The van der Waals surface area contributed by atoms with Gasteiger partial charge in [-0.25, -0.2) is 9.67 Å². The van der Waals surface area contributed by atoms with Gasteiger partial charge < -0.3 is 4.57 Å². The van der Waals surface area contributed by atoms with E-state index in [-0.39, 0.29) is 0 Å². The average molecular weight is 269 g/mol. The van der Waals surface area contributed by atoms with E-state index >= 15 is 0 Å². The van der Waals surface area contributed by atoms with Crippen molar-refractivity contribution in [3.63, 3.8) is 0 Å². The van der Waals surface area contributed by atoms with E-state index < -0.39 is 0 Å². The zero-order valence-corrected chi connectivity index (χ0v) is 12.3. The average Bonchev–Trinajstić information content (AvgIpc) is 2.88. The molecule has 2 heterocycles. The highest BCUT2D eigenvalue weighted by atomic mass is 35.5. The molecule has 0 spiro atoms. The van der Waals surface area contributed by atoms with Crippen molar-refractivity contribution in [3.8, 4) is 0 Å². The summed E-state index contributed by atoms with van der Waals surface area (Å²) < 4.78 is 4.26. The molecule has 1 unspecified atom stereocenters. The molecule has 0 radical (unpaired) electrons. The molecular weight excluding hydrogens is 248 g/mol. The molecule has 2 rings (SSSR count). The molecule has 0 saturated heterocycles. The van der Waals surface area contributed by atoms with Crippen LogP contribution in [-0.4, -0.2) is 19.3 Å². The van der Waals surface area contributed by atoms with Crippen molar-refractivity contribution in [1.82, 2.24) is 19.3 Å². The van der Waals surface area contributed by atoms with Gasteiger partial charge in [0.2, 0.25) is 0 Å². The molecule has 100 valence electrons. The molecule has 0 aliphatic carbocycles. The Bertz CT molecular complexity index is 541. The van der Waals surface area contributed by atoms with E-state index in [4.69, 9.17) is 11.6 Å². The lowest BCUT2D eigenvalue weighted by Crippen LogP contribution is -2.12. The Morgan fingerprint density at radius 2 is 2.06 bits per heavy atom. The minimum absolute atomic E-state index is 0.453. The third-order valence-electron chi connectivity index (χ3n) is 3.49. The maximum Gasteiger partial charge on any atom is 0.158 e. The van der Waals surface area contributed by atoms with Crippen LogP contribution in [0, 0.1) is 12.8 Å². The summed E-state index contributed by atoms with van der Waals surface area (Å²) >= 11 is 6.02. The van der Waals surface area contributed by atoms with Gasteiger partial charge >= 0.3 is 0 Å². The zero-order chi connectivity index (χ0) is 13.3. The number of aryl methyl sites for hydroxylation is 2. The van der Waals surface area contributed by atoms with Gasteiger partial charge in [0.15, 0.2) is 5.65 Å². The van der Waals surface area contributed by atoms with E-state index in [1.165, 1.54) is 0 Å². The highest BCUT2D eigenvalue weighted by molar-refractivity contribution is 6.16. The Kier molecular flexibility index (Phi) is 3.95. The van der Waals surface area contributed by atoms with Gasteiger partial charge in [0.25, 0.3) is 0 Å². The van der Waals surface area contributed by atoms with E-state index in [2.05, 4.69) is 35.4 Å². The van der Waals surface area contributed by atoms with Crippen LogP contribution in [0.1, 0.15) is 38.7 Å². The fourth-order valence-corrected chi connectivity index (χ4v) is 2.43. The molecule has 0 aliphatic heterocycles. The largest absolute Gasteiger partial charge is 0.312 e. The summed E-state index contributed by atoms with van der Waals surface area (Å²) in [6.45, 7) is 10.4. The topological polar surface area (TPSA) is 35.6 Å². The lowest BCUT2D eigenvalue weighted by Gasteiger charge is -2.13. The molecule has 0 saturated carbocycles. The second-order valence-corrected chi connectivity index (χ2v) is 5.13. The maximum atomic E-state index is 6.02. The molecule has 0 amide bonds. The number of alkyl halides is 1. The van der Waals surface area contributed by atoms with Gasteiger partial charge in [0.05, 0.1) is 11.6 Å². The first-order valence-electron chi connectivity index (χ1n) is 6.60. The van der Waals surface area contributed by atoms with Gasteiger partial charge in [0.1, 0.15) is 11.3 Å². The second-order valence-electron chi connectivity index (χ2n) is 4.86. The van der Waals surface area contributed by atoms with E-state index in [9.17, 15) is 0 Å². The molecule has 4 nitrogen and oxygen atoms in total. The first-order chi connectivity index (χ1) is 8.62. The standard InChI is InChI=1S/C13H21ClN4/c1-5-9(3)8-17-11(7-14)15-12-10(4)16-18(6-2)13(12)17/h9H,5-8H2,1-4H3. The predicted molar refractivity (Wildman–Crippen MR) is 74.9 cm³/mol. The van der Waals surface area contributed by atoms with Crippen LogP contribution in [0.2, 0.25) is 0 Å². The van der Waals surface area contributed by atoms with Crippen LogP contribution in [0.3, 0.4) is 0 Å². The number of hydrogen-bond acceptors (Lipinski definition) is 2. The molecule has 2 aromatic heterocycles. The van der Waals surface area contributed by atoms with Crippen molar-refractivity contribution in [2.45, 2.75) is 53.1 Å². The van der Waals surface area contributed by atoms with Crippen molar-refractivity contribution >= 4 is 22.8 Å². The van der Waals surface area contributed by atoms with E-state index in [0.717, 1.165) is 42.2 Å². The van der Waals surface area contributed by atoms with Gasteiger partial charge in [-0.1, -0.05) is 20.3 Å². The smallest absolute Gasteiger partial charge is 0.158 e. The summed E-state index contributed by atoms with van der Waals surface area (Å²) in [7, 11) is 0. The molecule has 0 aliphatic rings. The van der Waals surface area contributed by atoms with Crippen molar-refractivity contribution in [3.05, 3.63) is 11.5 Å². The van der Waals surface area contributed by atoms with Crippen LogP contribution in [0.4, 0.5) is 0 Å². The molecule has 0 aromatic carbocycles. The normalized spacial score (nSPS) is 13.4. The van der Waals surface area contributed by atoms with Crippen LogP contribution in [0.15, 0.2) is 0 Å². The summed E-state index contributed by atoms with van der Waals surface area (Å²) in [4.78, 5) is 4.63. The van der Waals surface area contributed by atoms with Crippen molar-refractivity contribution in [2.75, 3.05) is 0 Å². The summed E-state index contributed by atoms with van der Waals surface area (Å²) in [5, 5.41) is 4.53. The predicted octanol–water partition coefficient (Wildman–Crippen LogP) is 3.35. The molecule has 0 fully saturated rings. The molecule has 1 atom stereocenters. The van der Waals surface area contributed by atoms with Gasteiger partial charge in [-0.3, -0.25) is 0 Å². The van der Waals surface area contributed by atoms with Crippen LogP contribution < -0.4 is 0 Å². The molecule has 5 heteroatoms. The van der Waals surface area contributed by atoms with Crippen LogP contribution >= 0.6 is 11.6 Å². The van der Waals surface area contributed by atoms with Gasteiger partial charge in [-0.2, -0.15) is 5.10 Å². The van der Waals surface area contributed by atoms with Gasteiger partial charge in [-0.05, 0) is 19.8 Å². The molecule has 0 bridgehead atoms. The summed E-state index contributed by atoms with van der Waals surface area (Å²) in [6.07, 6.45) is 1.15. The minimum atomic E-state index is 0.453. The lowest BCUT2D eigenvalue weighted by atomic mass is 10.1. The molecule has 0 N–H and O–H groups in total. The van der Waals surface area contributed by atoms with Crippen LogP contribution in [0.25, 0.3) is 11.2 Å². The number of nitrogens with zero attached hydrogens (tertiary/aromatic N) is 4. The number of hydrogen-bond donors (Lipinski definition) is 0. The number of halogens is 1. The third-order valence-corrected chi connectivity index (χ3v) is 3.73. The molecule has 18 heavy (non-hydrogen) atoms. The number of aromatic nitrogens is 4. The lowest BCUT2D eigenvalue weighted by molar-refractivity contribution is 0.461. The highest BCUT2D eigenvalue weighted by Crippen LogP contribution is 2.22. The SMILES string of the molecule is CCC(C)Cn1c(CCl)nc2c(C)nn(CC)c21. The van der Waals surface area contributed by atoms with E-state index in [1.807, 2.05) is 11.6 Å². The Hall–Kier alpha value is -1.03. The summed E-state index contributed by atoms with van der Waals surface area (Å²) in [5.74, 6) is 2.02. The Balaban J connectivity index is 2.59. The van der Waals surface area contributed by atoms with Crippen molar-refractivity contribution < 1.29 is 0 Å². The Morgan fingerprint density at radius 3 is 2.61 bits per heavy atom. The quantitative estimate of drug-likeness (QED) is 0.780. The highest BCUT2D eigenvalue weighted by Gasteiger charge is 2.18. The summed E-state index contributed by atoms with van der Waals surface area (Å²) in [5.41, 5.74) is 3.10. The Morgan fingerprint density at radius 1 is 1.33 bits per heavy atom. The minimum Gasteiger partial charge on any atom is -0.312 e. The van der Waals surface area contributed by atoms with Gasteiger partial charge in [-0.15, -0.1) is 11.6 Å². The monoisotopic (exact) mass is 268 g/mol. The number of imidazole rings is 1. The third kappa shape index (κ3) is 2.14. The molecule has 2 aromatic rings. The fourth-order valence-electron chi connectivity index (χ4n) is 2.22. The second kappa shape index (κ2) is 5.31. The van der Waals surface area contributed by atoms with Crippen LogP contribution in [-0.2, 0) is 19.0 Å². The van der Waals surface area contributed by atoms with E-state index in [0.29, 0.717) is 11.8 Å². The summed E-state index contributed by atoms with van der Waals surface area (Å²) in [6, 6.07) is 0. The maximum absolute atomic E-state index is 6.02. The van der Waals surface area contributed by atoms with E-state index in [1.54, 1.807) is 0 Å². The zero-order valence-electron chi connectivity index (χ0n) is 11.6. The van der Waals surface area contributed by atoms with Crippen molar-refractivity contribution in [1.29, 1.82) is 0 Å². The Labute approximate surface area is 113 Å². The van der Waals surface area contributed by atoms with Gasteiger partial charge in [0, 0.05) is 13.1 Å². The van der Waals surface area contributed by atoms with Crippen LogP contribution in [0.5, 0.6) is 0 Å². The van der Waals surface area contributed by atoms with Crippen molar-refractivity contribution in [2.24, 2.45) is 5.92 Å².